The smallest absolute Gasteiger partial charge is 0.207 e. The molecule has 0 atom stereocenters. The molecule has 134 valence electrons. The minimum absolute atomic E-state index is 0.0602. The Morgan fingerprint density at radius 3 is 1.65 bits per heavy atom. The number of rotatable bonds is 7. The van der Waals surface area contributed by atoms with E-state index < -0.39 is 15.8 Å². The topological polar surface area (TPSA) is 46.2 Å². The maximum Gasteiger partial charge on any atom is 0.240 e. The lowest BCUT2D eigenvalue weighted by Gasteiger charge is -2.19. The van der Waals surface area contributed by atoms with Crippen LogP contribution in [0.2, 0.25) is 0 Å². The Morgan fingerprint density at radius 2 is 1.19 bits per heavy atom. The minimum atomic E-state index is -3.73. The second-order valence-electron chi connectivity index (χ2n) is 6.15. The highest BCUT2D eigenvalue weighted by atomic mass is 32.2. The maximum absolute atomic E-state index is 13.1. The summed E-state index contributed by atoms with van der Waals surface area (Å²) < 4.78 is 41.3. The fraction of sp³-hybridized carbons (Fsp3) is 0.143. The van der Waals surface area contributed by atoms with Crippen molar-refractivity contribution in [3.63, 3.8) is 0 Å². The van der Waals surface area contributed by atoms with E-state index in [-0.39, 0.29) is 10.9 Å². The summed E-state index contributed by atoms with van der Waals surface area (Å²) in [5.74, 6) is -0.464. The van der Waals surface area contributed by atoms with Gasteiger partial charge in [0.25, 0.3) is 0 Å². The second kappa shape index (κ2) is 8.25. The lowest BCUT2D eigenvalue weighted by Crippen LogP contribution is -2.38. The highest BCUT2D eigenvalue weighted by Crippen LogP contribution is 2.14. The van der Waals surface area contributed by atoms with Gasteiger partial charge in [-0.3, -0.25) is 0 Å². The third kappa shape index (κ3) is 5.00. The second-order valence-corrected chi connectivity index (χ2v) is 7.87. The fourth-order valence-corrected chi connectivity index (χ4v) is 4.09. The Labute approximate surface area is 153 Å². The van der Waals surface area contributed by atoms with Crippen LogP contribution in [0, 0.1) is 5.82 Å². The molecule has 1 N–H and O–H groups in total. The molecule has 0 saturated carbocycles. The van der Waals surface area contributed by atoms with Crippen LogP contribution in [0.5, 0.6) is 0 Å². The molecule has 0 aliphatic heterocycles. The number of hydrogen-bond donors (Lipinski definition) is 1. The molecule has 0 saturated heterocycles. The number of halogens is 1. The van der Waals surface area contributed by atoms with Gasteiger partial charge in [-0.1, -0.05) is 60.7 Å². The van der Waals surface area contributed by atoms with Crippen LogP contribution in [-0.2, 0) is 22.9 Å². The molecule has 0 heterocycles. The van der Waals surface area contributed by atoms with Crippen LogP contribution in [0.4, 0.5) is 4.39 Å². The van der Waals surface area contributed by atoms with Crippen molar-refractivity contribution in [2.75, 3.05) is 0 Å². The molecule has 0 bridgehead atoms. The standard InChI is InChI=1S/C21H20FNO2S/c22-19-11-13-21(14-12-19)26(24,25)23-20(15-17-7-3-1-4-8-17)16-18-9-5-2-6-10-18/h1-14,20,23H,15-16H2. The van der Waals surface area contributed by atoms with Crippen molar-refractivity contribution in [3.05, 3.63) is 102 Å². The average Bonchev–Trinajstić information content (AvgIpc) is 2.63. The molecule has 0 unspecified atom stereocenters. The van der Waals surface area contributed by atoms with Gasteiger partial charge in [0, 0.05) is 6.04 Å². The van der Waals surface area contributed by atoms with E-state index in [1.165, 1.54) is 12.1 Å². The fourth-order valence-electron chi connectivity index (χ4n) is 2.85. The van der Waals surface area contributed by atoms with Crippen molar-refractivity contribution in [3.8, 4) is 0 Å². The van der Waals surface area contributed by atoms with E-state index in [1.807, 2.05) is 60.7 Å². The monoisotopic (exact) mass is 369 g/mol. The zero-order chi connectivity index (χ0) is 18.4. The molecular weight excluding hydrogens is 349 g/mol. The van der Waals surface area contributed by atoms with Crippen molar-refractivity contribution in [1.29, 1.82) is 0 Å². The Kier molecular flexibility index (Phi) is 5.81. The van der Waals surface area contributed by atoms with Gasteiger partial charge in [0.05, 0.1) is 4.90 Å². The van der Waals surface area contributed by atoms with E-state index >= 15 is 0 Å². The van der Waals surface area contributed by atoms with Gasteiger partial charge in [-0.25, -0.2) is 17.5 Å². The Balaban J connectivity index is 1.83. The number of hydrogen-bond acceptors (Lipinski definition) is 2. The van der Waals surface area contributed by atoms with Crippen LogP contribution in [-0.4, -0.2) is 14.5 Å². The summed E-state index contributed by atoms with van der Waals surface area (Å²) in [5.41, 5.74) is 2.10. The van der Waals surface area contributed by atoms with E-state index in [0.29, 0.717) is 12.8 Å². The zero-order valence-electron chi connectivity index (χ0n) is 14.2. The van der Waals surface area contributed by atoms with Crippen molar-refractivity contribution in [1.82, 2.24) is 4.72 Å². The first-order chi connectivity index (χ1) is 12.5. The normalized spacial score (nSPS) is 11.6. The molecule has 5 heteroatoms. The number of benzene rings is 3. The summed E-state index contributed by atoms with van der Waals surface area (Å²) in [6.07, 6.45) is 1.13. The average molecular weight is 369 g/mol. The van der Waals surface area contributed by atoms with Crippen LogP contribution in [0.3, 0.4) is 0 Å². The van der Waals surface area contributed by atoms with Crippen LogP contribution in [0.1, 0.15) is 11.1 Å². The summed E-state index contributed by atoms with van der Waals surface area (Å²) in [6, 6.07) is 24.0. The molecule has 3 rings (SSSR count). The molecule has 0 aromatic heterocycles. The quantitative estimate of drug-likeness (QED) is 0.685. The molecule has 3 nitrogen and oxygen atoms in total. The Hall–Kier alpha value is -2.50. The van der Waals surface area contributed by atoms with E-state index in [9.17, 15) is 12.8 Å². The van der Waals surface area contributed by atoms with Gasteiger partial charge in [-0.2, -0.15) is 0 Å². The molecule has 0 fully saturated rings. The van der Waals surface area contributed by atoms with E-state index in [0.717, 1.165) is 23.3 Å². The summed E-state index contributed by atoms with van der Waals surface area (Å²) >= 11 is 0. The molecule has 0 spiro atoms. The Morgan fingerprint density at radius 1 is 0.731 bits per heavy atom. The number of sulfonamides is 1. The van der Waals surface area contributed by atoms with Crippen molar-refractivity contribution in [2.45, 2.75) is 23.8 Å². The number of nitrogens with one attached hydrogen (secondary N) is 1. The predicted molar refractivity (Wildman–Crippen MR) is 101 cm³/mol. The summed E-state index contributed by atoms with van der Waals surface area (Å²) in [4.78, 5) is 0.0602. The van der Waals surface area contributed by atoms with Crippen LogP contribution >= 0.6 is 0 Å². The largest absolute Gasteiger partial charge is 0.240 e. The molecule has 3 aromatic rings. The van der Waals surface area contributed by atoms with Gasteiger partial charge in [-0.05, 0) is 48.2 Å². The van der Waals surface area contributed by atoms with Crippen molar-refractivity contribution < 1.29 is 12.8 Å². The molecule has 0 radical (unpaired) electrons. The molecule has 3 aromatic carbocycles. The summed E-state index contributed by atoms with van der Waals surface area (Å²) in [6.45, 7) is 0. The van der Waals surface area contributed by atoms with Gasteiger partial charge in [0.2, 0.25) is 10.0 Å². The zero-order valence-corrected chi connectivity index (χ0v) is 15.0. The first-order valence-electron chi connectivity index (χ1n) is 8.39. The third-order valence-electron chi connectivity index (χ3n) is 4.10. The van der Waals surface area contributed by atoms with Crippen molar-refractivity contribution >= 4 is 10.0 Å². The first-order valence-corrected chi connectivity index (χ1v) is 9.87. The first kappa shape index (κ1) is 18.3. The van der Waals surface area contributed by atoms with E-state index in [2.05, 4.69) is 4.72 Å². The third-order valence-corrected chi connectivity index (χ3v) is 5.63. The lowest BCUT2D eigenvalue weighted by atomic mass is 10.00. The SMILES string of the molecule is O=S(=O)(NC(Cc1ccccc1)Cc1ccccc1)c1ccc(F)cc1. The van der Waals surface area contributed by atoms with Gasteiger partial charge >= 0.3 is 0 Å². The van der Waals surface area contributed by atoms with Crippen molar-refractivity contribution in [2.24, 2.45) is 0 Å². The minimum Gasteiger partial charge on any atom is -0.207 e. The predicted octanol–water partition coefficient (Wildman–Crippen LogP) is 3.96. The molecule has 0 amide bonds. The molecule has 0 aliphatic rings. The Bertz CT molecular complexity index is 885. The molecular formula is C21H20FNO2S. The highest BCUT2D eigenvalue weighted by molar-refractivity contribution is 7.89. The summed E-state index contributed by atoms with van der Waals surface area (Å²) in [7, 11) is -3.73. The maximum atomic E-state index is 13.1. The van der Waals surface area contributed by atoms with E-state index in [1.54, 1.807) is 0 Å². The van der Waals surface area contributed by atoms with Gasteiger partial charge in [-0.15, -0.1) is 0 Å². The van der Waals surface area contributed by atoms with Crippen LogP contribution < -0.4 is 4.72 Å². The summed E-state index contributed by atoms with van der Waals surface area (Å²) in [5, 5.41) is 0. The highest BCUT2D eigenvalue weighted by Gasteiger charge is 2.21. The van der Waals surface area contributed by atoms with Gasteiger partial charge < -0.3 is 0 Å². The molecule has 26 heavy (non-hydrogen) atoms. The van der Waals surface area contributed by atoms with Crippen LogP contribution in [0.25, 0.3) is 0 Å². The van der Waals surface area contributed by atoms with Gasteiger partial charge in [0.15, 0.2) is 0 Å². The lowest BCUT2D eigenvalue weighted by molar-refractivity contribution is 0.542. The van der Waals surface area contributed by atoms with Crippen LogP contribution in [0.15, 0.2) is 89.8 Å². The molecule has 0 aliphatic carbocycles. The van der Waals surface area contributed by atoms with Gasteiger partial charge in [0.1, 0.15) is 5.82 Å². The van der Waals surface area contributed by atoms with E-state index in [4.69, 9.17) is 0 Å².